The van der Waals surface area contributed by atoms with Gasteiger partial charge in [-0.1, -0.05) is 24.3 Å². The molecule has 1 heterocycles. The Morgan fingerprint density at radius 1 is 1.00 bits per heavy atom. The molecule has 0 fully saturated rings. The van der Waals surface area contributed by atoms with Gasteiger partial charge in [-0.3, -0.25) is 9.59 Å². The lowest BCUT2D eigenvalue weighted by Gasteiger charge is -2.18. The number of carbonyl (C=O) groups excluding carboxylic acids is 3. The molecule has 0 atom stereocenters. The third kappa shape index (κ3) is 5.98. The van der Waals surface area contributed by atoms with Gasteiger partial charge in [0.05, 0.1) is 24.1 Å². The molecule has 1 N–H and O–H groups in total. The first-order chi connectivity index (χ1) is 15.5. The van der Waals surface area contributed by atoms with Gasteiger partial charge in [-0.15, -0.1) is 0 Å². The number of rotatable bonds is 9. The van der Waals surface area contributed by atoms with Gasteiger partial charge in [0.15, 0.2) is 12.4 Å². The molecule has 2 amide bonds. The van der Waals surface area contributed by atoms with E-state index >= 15 is 0 Å². The van der Waals surface area contributed by atoms with Crippen LogP contribution in [0.1, 0.15) is 33.4 Å². The lowest BCUT2D eigenvalue weighted by Crippen LogP contribution is -2.31. The maximum Gasteiger partial charge on any atom is 0.340 e. The van der Waals surface area contributed by atoms with Gasteiger partial charge < -0.3 is 24.1 Å². The average Bonchev–Trinajstić information content (AvgIpc) is 3.34. The highest BCUT2D eigenvalue weighted by Gasteiger charge is 2.18. The Morgan fingerprint density at radius 3 is 2.44 bits per heavy atom. The van der Waals surface area contributed by atoms with Crippen molar-refractivity contribution in [1.82, 2.24) is 4.90 Å². The summed E-state index contributed by atoms with van der Waals surface area (Å²) in [5, 5.41) is 2.61. The van der Waals surface area contributed by atoms with Crippen molar-refractivity contribution < 1.29 is 28.3 Å². The minimum atomic E-state index is -0.719. The highest BCUT2D eigenvalue weighted by atomic mass is 16.5. The van der Waals surface area contributed by atoms with E-state index in [2.05, 4.69) is 5.32 Å². The lowest BCUT2D eigenvalue weighted by atomic mass is 10.1. The van der Waals surface area contributed by atoms with Crippen LogP contribution in [-0.2, 0) is 16.1 Å². The van der Waals surface area contributed by atoms with Gasteiger partial charge in [0, 0.05) is 13.6 Å². The van der Waals surface area contributed by atoms with E-state index in [0.717, 1.165) is 11.3 Å². The van der Waals surface area contributed by atoms with Crippen molar-refractivity contribution in [3.8, 4) is 5.75 Å². The fourth-order valence-corrected chi connectivity index (χ4v) is 2.90. The number of hydrogen-bond donors (Lipinski definition) is 1. The standard InChI is InChI=1S/C24H24N2O6/c1-3-30-18-12-10-17(11-13-18)15-26(2)22(27)16-32-24(29)19-7-4-5-8-20(19)25-23(28)21-9-6-14-31-21/h4-14H,3,15-16H2,1-2H3,(H,25,28). The molecule has 8 heteroatoms. The van der Waals surface area contributed by atoms with E-state index in [4.69, 9.17) is 13.9 Å². The van der Waals surface area contributed by atoms with E-state index in [1.54, 1.807) is 31.3 Å². The maximum absolute atomic E-state index is 12.5. The van der Waals surface area contributed by atoms with E-state index < -0.39 is 18.5 Å². The van der Waals surface area contributed by atoms with Crippen molar-refractivity contribution in [2.75, 3.05) is 25.6 Å². The number of esters is 1. The molecule has 3 aromatic rings. The van der Waals surface area contributed by atoms with Crippen LogP contribution in [0.15, 0.2) is 71.3 Å². The molecule has 1 aromatic heterocycles. The molecule has 0 aliphatic carbocycles. The zero-order valence-electron chi connectivity index (χ0n) is 17.9. The van der Waals surface area contributed by atoms with Crippen molar-refractivity contribution in [3.63, 3.8) is 0 Å². The predicted octanol–water partition coefficient (Wildman–Crippen LogP) is 3.75. The number of nitrogens with zero attached hydrogens (tertiary/aromatic N) is 1. The molecular formula is C24H24N2O6. The number of nitrogens with one attached hydrogen (secondary N) is 1. The van der Waals surface area contributed by atoms with Gasteiger partial charge in [-0.2, -0.15) is 0 Å². The number of anilines is 1. The summed E-state index contributed by atoms with van der Waals surface area (Å²) in [5.74, 6) is -0.704. The van der Waals surface area contributed by atoms with Crippen LogP contribution in [-0.4, -0.2) is 42.9 Å². The summed E-state index contributed by atoms with van der Waals surface area (Å²) in [6.45, 7) is 2.43. The predicted molar refractivity (Wildman–Crippen MR) is 117 cm³/mol. The number of carbonyl (C=O) groups is 3. The number of likely N-dealkylation sites (N-methyl/N-ethyl adjacent to an activating group) is 1. The van der Waals surface area contributed by atoms with E-state index in [1.807, 2.05) is 31.2 Å². The summed E-state index contributed by atoms with van der Waals surface area (Å²) < 4.78 is 15.6. The average molecular weight is 436 g/mol. The van der Waals surface area contributed by atoms with Crippen LogP contribution in [0.2, 0.25) is 0 Å². The number of hydrogen-bond acceptors (Lipinski definition) is 6. The molecule has 32 heavy (non-hydrogen) atoms. The first-order valence-corrected chi connectivity index (χ1v) is 10.0. The van der Waals surface area contributed by atoms with Crippen LogP contribution >= 0.6 is 0 Å². The smallest absolute Gasteiger partial charge is 0.340 e. The van der Waals surface area contributed by atoms with Crippen LogP contribution in [0.25, 0.3) is 0 Å². The van der Waals surface area contributed by atoms with Gasteiger partial charge in [0.2, 0.25) is 0 Å². The minimum absolute atomic E-state index is 0.110. The monoisotopic (exact) mass is 436 g/mol. The van der Waals surface area contributed by atoms with Crippen LogP contribution < -0.4 is 10.1 Å². The molecule has 8 nitrogen and oxygen atoms in total. The topological polar surface area (TPSA) is 98.1 Å². The van der Waals surface area contributed by atoms with E-state index in [0.29, 0.717) is 13.2 Å². The Hall–Kier alpha value is -4.07. The first-order valence-electron chi connectivity index (χ1n) is 10.0. The summed E-state index contributed by atoms with van der Waals surface area (Å²) in [7, 11) is 1.63. The zero-order chi connectivity index (χ0) is 22.9. The van der Waals surface area contributed by atoms with Crippen molar-refractivity contribution in [2.24, 2.45) is 0 Å². The lowest BCUT2D eigenvalue weighted by molar-refractivity contribution is -0.133. The summed E-state index contributed by atoms with van der Waals surface area (Å²) in [6, 6.07) is 16.9. The van der Waals surface area contributed by atoms with Gasteiger partial charge in [-0.05, 0) is 48.9 Å². The largest absolute Gasteiger partial charge is 0.494 e. The number of para-hydroxylation sites is 1. The Labute approximate surface area is 185 Å². The molecule has 2 aromatic carbocycles. The number of furan rings is 1. The van der Waals surface area contributed by atoms with Crippen molar-refractivity contribution >= 4 is 23.5 Å². The van der Waals surface area contributed by atoms with Crippen LogP contribution in [0.4, 0.5) is 5.69 Å². The molecule has 0 aliphatic rings. The second kappa shape index (κ2) is 10.8. The molecule has 0 saturated heterocycles. The van der Waals surface area contributed by atoms with Crippen molar-refractivity contribution in [2.45, 2.75) is 13.5 Å². The van der Waals surface area contributed by atoms with E-state index in [9.17, 15) is 14.4 Å². The first kappa shape index (κ1) is 22.6. The van der Waals surface area contributed by atoms with Crippen LogP contribution in [0, 0.1) is 0 Å². The molecule has 0 spiro atoms. The molecular weight excluding hydrogens is 412 g/mol. The Morgan fingerprint density at radius 2 is 1.75 bits per heavy atom. The normalized spacial score (nSPS) is 10.3. The third-order valence-corrected chi connectivity index (χ3v) is 4.55. The fraction of sp³-hybridized carbons (Fsp3) is 0.208. The summed E-state index contributed by atoms with van der Waals surface area (Å²) in [5.41, 5.74) is 1.31. The third-order valence-electron chi connectivity index (χ3n) is 4.55. The number of ether oxygens (including phenoxy) is 2. The molecule has 3 rings (SSSR count). The quantitative estimate of drug-likeness (QED) is 0.513. The van der Waals surface area contributed by atoms with Gasteiger partial charge in [0.1, 0.15) is 5.75 Å². The second-order valence-electron chi connectivity index (χ2n) is 6.88. The Kier molecular flexibility index (Phi) is 7.64. The highest BCUT2D eigenvalue weighted by Crippen LogP contribution is 2.18. The molecule has 0 bridgehead atoms. The Bertz CT molecular complexity index is 1060. The molecule has 0 saturated carbocycles. The summed E-state index contributed by atoms with van der Waals surface area (Å²) in [4.78, 5) is 38.6. The Balaban J connectivity index is 1.55. The summed E-state index contributed by atoms with van der Waals surface area (Å²) in [6.07, 6.45) is 1.38. The van der Waals surface area contributed by atoms with E-state index in [1.165, 1.54) is 23.3 Å². The highest BCUT2D eigenvalue weighted by molar-refractivity contribution is 6.06. The van der Waals surface area contributed by atoms with Crippen LogP contribution in [0.5, 0.6) is 5.75 Å². The van der Waals surface area contributed by atoms with E-state index in [-0.39, 0.29) is 22.9 Å². The van der Waals surface area contributed by atoms with Gasteiger partial charge in [-0.25, -0.2) is 4.79 Å². The zero-order valence-corrected chi connectivity index (χ0v) is 17.9. The van der Waals surface area contributed by atoms with Gasteiger partial charge in [0.25, 0.3) is 11.8 Å². The van der Waals surface area contributed by atoms with Crippen molar-refractivity contribution in [1.29, 1.82) is 0 Å². The summed E-state index contributed by atoms with van der Waals surface area (Å²) >= 11 is 0. The number of amides is 2. The fourth-order valence-electron chi connectivity index (χ4n) is 2.90. The maximum atomic E-state index is 12.5. The molecule has 166 valence electrons. The van der Waals surface area contributed by atoms with Gasteiger partial charge >= 0.3 is 5.97 Å². The second-order valence-corrected chi connectivity index (χ2v) is 6.88. The molecule has 0 unspecified atom stereocenters. The molecule has 0 aliphatic heterocycles. The van der Waals surface area contributed by atoms with Crippen molar-refractivity contribution in [3.05, 3.63) is 83.8 Å². The molecule has 0 radical (unpaired) electrons. The minimum Gasteiger partial charge on any atom is -0.494 e. The SMILES string of the molecule is CCOc1ccc(CN(C)C(=O)COC(=O)c2ccccc2NC(=O)c2ccco2)cc1. The number of benzene rings is 2. The van der Waals surface area contributed by atoms with Crippen LogP contribution in [0.3, 0.4) is 0 Å².